The fraction of sp³-hybridized carbons (Fsp3) is 0.438. The SMILES string of the molecule is CC(CNC(=O)N[C@@H]1C=C[C@H](CO)C1)Oc1cccc(Cl)c1. The van der Waals surface area contributed by atoms with Crippen molar-refractivity contribution in [2.24, 2.45) is 5.92 Å². The van der Waals surface area contributed by atoms with Crippen LogP contribution in [0.5, 0.6) is 5.75 Å². The van der Waals surface area contributed by atoms with Crippen LogP contribution in [0.2, 0.25) is 5.02 Å². The van der Waals surface area contributed by atoms with Crippen molar-refractivity contribution < 1.29 is 14.6 Å². The Morgan fingerprint density at radius 1 is 1.50 bits per heavy atom. The molecule has 0 bridgehead atoms. The van der Waals surface area contributed by atoms with E-state index >= 15 is 0 Å². The summed E-state index contributed by atoms with van der Waals surface area (Å²) in [7, 11) is 0. The topological polar surface area (TPSA) is 70.6 Å². The van der Waals surface area contributed by atoms with Crippen molar-refractivity contribution in [1.82, 2.24) is 10.6 Å². The molecule has 0 fully saturated rings. The Labute approximate surface area is 135 Å². The zero-order valence-electron chi connectivity index (χ0n) is 12.5. The summed E-state index contributed by atoms with van der Waals surface area (Å²) >= 11 is 5.89. The number of carbonyl (C=O) groups is 1. The molecule has 1 aromatic rings. The lowest BCUT2D eigenvalue weighted by Gasteiger charge is -2.17. The minimum Gasteiger partial charge on any atom is -0.489 e. The predicted octanol–water partition coefficient (Wildman–Crippen LogP) is 2.34. The van der Waals surface area contributed by atoms with Crippen LogP contribution >= 0.6 is 11.6 Å². The summed E-state index contributed by atoms with van der Waals surface area (Å²) in [6.45, 7) is 2.37. The van der Waals surface area contributed by atoms with E-state index in [9.17, 15) is 4.79 Å². The molecule has 3 N–H and O–H groups in total. The van der Waals surface area contributed by atoms with E-state index in [0.29, 0.717) is 17.3 Å². The molecule has 0 saturated carbocycles. The Kier molecular flexibility index (Phi) is 6.10. The Hall–Kier alpha value is -1.72. The molecule has 2 rings (SSSR count). The van der Waals surface area contributed by atoms with E-state index in [1.54, 1.807) is 12.1 Å². The molecule has 0 radical (unpaired) electrons. The summed E-state index contributed by atoms with van der Waals surface area (Å²) in [5, 5.41) is 15.3. The average molecular weight is 325 g/mol. The Balaban J connectivity index is 1.69. The summed E-state index contributed by atoms with van der Waals surface area (Å²) in [5.74, 6) is 0.808. The largest absolute Gasteiger partial charge is 0.489 e. The molecule has 0 heterocycles. The molecule has 0 saturated heterocycles. The maximum atomic E-state index is 11.8. The number of amides is 2. The molecule has 1 aromatic carbocycles. The van der Waals surface area contributed by atoms with Gasteiger partial charge in [-0.2, -0.15) is 0 Å². The van der Waals surface area contributed by atoms with Crippen molar-refractivity contribution >= 4 is 17.6 Å². The molecule has 1 unspecified atom stereocenters. The van der Waals surface area contributed by atoms with Crippen molar-refractivity contribution in [3.8, 4) is 5.75 Å². The fourth-order valence-corrected chi connectivity index (χ4v) is 2.47. The molecule has 0 aliphatic heterocycles. The number of benzene rings is 1. The van der Waals surface area contributed by atoms with Gasteiger partial charge in [0.1, 0.15) is 11.9 Å². The number of aliphatic hydroxyl groups excluding tert-OH is 1. The lowest BCUT2D eigenvalue weighted by Crippen LogP contribution is -2.44. The van der Waals surface area contributed by atoms with Crippen molar-refractivity contribution in [2.45, 2.75) is 25.5 Å². The Morgan fingerprint density at radius 3 is 3.00 bits per heavy atom. The van der Waals surface area contributed by atoms with E-state index in [-0.39, 0.29) is 30.7 Å². The molecule has 0 spiro atoms. The molecule has 0 aromatic heterocycles. The highest BCUT2D eigenvalue weighted by Gasteiger charge is 2.19. The molecule has 120 valence electrons. The van der Waals surface area contributed by atoms with E-state index in [2.05, 4.69) is 10.6 Å². The maximum Gasteiger partial charge on any atom is 0.315 e. The van der Waals surface area contributed by atoms with E-state index in [1.165, 1.54) is 0 Å². The van der Waals surface area contributed by atoms with Crippen LogP contribution in [-0.4, -0.2) is 36.4 Å². The Bertz CT molecular complexity index is 536. The molecule has 6 heteroatoms. The van der Waals surface area contributed by atoms with Crippen LogP contribution in [0.15, 0.2) is 36.4 Å². The van der Waals surface area contributed by atoms with Gasteiger partial charge in [0.2, 0.25) is 0 Å². The van der Waals surface area contributed by atoms with Gasteiger partial charge in [-0.3, -0.25) is 0 Å². The molecule has 5 nitrogen and oxygen atoms in total. The molecule has 3 atom stereocenters. The summed E-state index contributed by atoms with van der Waals surface area (Å²) < 4.78 is 5.68. The smallest absolute Gasteiger partial charge is 0.315 e. The number of ether oxygens (including phenoxy) is 1. The molecule has 22 heavy (non-hydrogen) atoms. The van der Waals surface area contributed by atoms with Crippen LogP contribution < -0.4 is 15.4 Å². The molecular formula is C16H21ClN2O3. The number of rotatable bonds is 6. The van der Waals surface area contributed by atoms with Crippen molar-refractivity contribution in [2.75, 3.05) is 13.2 Å². The highest BCUT2D eigenvalue weighted by Crippen LogP contribution is 2.18. The monoisotopic (exact) mass is 324 g/mol. The first-order valence-electron chi connectivity index (χ1n) is 7.32. The average Bonchev–Trinajstić information content (AvgIpc) is 2.93. The second kappa shape index (κ2) is 8.06. The van der Waals surface area contributed by atoms with Crippen LogP contribution in [0, 0.1) is 5.92 Å². The van der Waals surface area contributed by atoms with Crippen LogP contribution in [0.1, 0.15) is 13.3 Å². The van der Waals surface area contributed by atoms with Gasteiger partial charge >= 0.3 is 6.03 Å². The van der Waals surface area contributed by atoms with Gasteiger partial charge in [0.15, 0.2) is 0 Å². The van der Waals surface area contributed by atoms with E-state index in [4.69, 9.17) is 21.4 Å². The number of halogens is 1. The van der Waals surface area contributed by atoms with Gasteiger partial charge in [-0.1, -0.05) is 29.8 Å². The van der Waals surface area contributed by atoms with Gasteiger partial charge in [-0.15, -0.1) is 0 Å². The number of aliphatic hydroxyl groups is 1. The third-order valence-corrected chi connectivity index (χ3v) is 3.64. The van der Waals surface area contributed by atoms with Gasteiger partial charge in [0.25, 0.3) is 0 Å². The number of hydrogen-bond acceptors (Lipinski definition) is 3. The zero-order valence-corrected chi connectivity index (χ0v) is 13.2. The van der Waals surface area contributed by atoms with E-state index in [1.807, 2.05) is 31.2 Å². The maximum absolute atomic E-state index is 11.8. The minimum absolute atomic E-state index is 0.0266. The van der Waals surface area contributed by atoms with Crippen molar-refractivity contribution in [3.63, 3.8) is 0 Å². The number of hydrogen-bond donors (Lipinski definition) is 3. The summed E-state index contributed by atoms with van der Waals surface area (Å²) in [5.41, 5.74) is 0. The van der Waals surface area contributed by atoms with E-state index < -0.39 is 0 Å². The predicted molar refractivity (Wildman–Crippen MR) is 86.2 cm³/mol. The highest BCUT2D eigenvalue weighted by molar-refractivity contribution is 6.30. The van der Waals surface area contributed by atoms with Gasteiger partial charge in [-0.25, -0.2) is 4.79 Å². The van der Waals surface area contributed by atoms with Crippen molar-refractivity contribution in [1.29, 1.82) is 0 Å². The third kappa shape index (κ3) is 5.24. The van der Waals surface area contributed by atoms with Gasteiger partial charge in [0.05, 0.1) is 6.54 Å². The van der Waals surface area contributed by atoms with Crippen LogP contribution in [-0.2, 0) is 0 Å². The van der Waals surface area contributed by atoms with Crippen LogP contribution in [0.3, 0.4) is 0 Å². The minimum atomic E-state index is -0.241. The summed E-state index contributed by atoms with van der Waals surface area (Å²) in [6.07, 6.45) is 4.40. The van der Waals surface area contributed by atoms with Crippen LogP contribution in [0.25, 0.3) is 0 Å². The van der Waals surface area contributed by atoms with Crippen molar-refractivity contribution in [3.05, 3.63) is 41.4 Å². The van der Waals surface area contributed by atoms with Crippen LogP contribution in [0.4, 0.5) is 4.79 Å². The van der Waals surface area contributed by atoms with Gasteiger partial charge < -0.3 is 20.5 Å². The lowest BCUT2D eigenvalue weighted by atomic mass is 10.1. The zero-order chi connectivity index (χ0) is 15.9. The molecular weight excluding hydrogens is 304 g/mol. The third-order valence-electron chi connectivity index (χ3n) is 3.41. The van der Waals surface area contributed by atoms with Gasteiger partial charge in [0, 0.05) is 23.6 Å². The standard InChI is InChI=1S/C16H21ClN2O3/c1-11(22-15-4-2-3-13(17)8-15)9-18-16(21)19-14-6-5-12(7-14)10-20/h2-6,8,11-12,14,20H,7,9-10H2,1H3,(H2,18,19,21)/t11?,12-,14+/m0/s1. The molecule has 1 aliphatic carbocycles. The Morgan fingerprint density at radius 2 is 2.32 bits per heavy atom. The van der Waals surface area contributed by atoms with Gasteiger partial charge in [-0.05, 0) is 31.5 Å². The first-order valence-corrected chi connectivity index (χ1v) is 7.70. The first kappa shape index (κ1) is 16.6. The number of carbonyl (C=O) groups excluding carboxylic acids is 1. The number of nitrogens with one attached hydrogen (secondary N) is 2. The molecule has 1 aliphatic rings. The second-order valence-corrected chi connectivity index (χ2v) is 5.85. The summed E-state index contributed by atoms with van der Waals surface area (Å²) in [6, 6.07) is 6.88. The first-order chi connectivity index (χ1) is 10.6. The highest BCUT2D eigenvalue weighted by atomic mass is 35.5. The molecule has 2 amide bonds. The lowest BCUT2D eigenvalue weighted by molar-refractivity contribution is 0.205. The quantitative estimate of drug-likeness (QED) is 0.703. The fourth-order valence-electron chi connectivity index (χ4n) is 2.29. The summed E-state index contributed by atoms with van der Waals surface area (Å²) in [4.78, 5) is 11.8. The number of urea groups is 1. The normalized spacial score (nSPS) is 21.4. The second-order valence-electron chi connectivity index (χ2n) is 5.41. The van der Waals surface area contributed by atoms with E-state index in [0.717, 1.165) is 6.42 Å².